The maximum atomic E-state index is 9.33. The zero-order valence-electron chi connectivity index (χ0n) is 13.3. The third-order valence-corrected chi connectivity index (χ3v) is 5.19. The third-order valence-electron chi connectivity index (χ3n) is 4.14. The van der Waals surface area contributed by atoms with Gasteiger partial charge in [-0.1, -0.05) is 30.3 Å². The number of hydrogen-bond acceptors (Lipinski definition) is 4. The molecule has 23 heavy (non-hydrogen) atoms. The zero-order valence-corrected chi connectivity index (χ0v) is 14.1. The van der Waals surface area contributed by atoms with Crippen molar-refractivity contribution in [2.45, 2.75) is 31.8 Å². The topological polar surface area (TPSA) is 53.5 Å². The second-order valence-corrected chi connectivity index (χ2v) is 6.93. The van der Waals surface area contributed by atoms with Crippen LogP contribution in [0.5, 0.6) is 0 Å². The van der Waals surface area contributed by atoms with Crippen LogP contribution >= 0.6 is 11.3 Å². The maximum absolute atomic E-state index is 9.33. The van der Waals surface area contributed by atoms with Gasteiger partial charge in [-0.25, -0.2) is 4.98 Å². The Balaban J connectivity index is 1.56. The standard InChI is InChI=1S/C18H20N4S/c1-14-13-23-18(21-14)16(9-19)10-20-17-7-8-22(12-17)11-15-5-3-2-4-6-15/h2-6,10,13,16-17H,7-8,11-12H2,1H3/p+1/t16-,17+/m1/s1. The minimum Gasteiger partial charge on any atom is -0.329 e. The van der Waals surface area contributed by atoms with E-state index in [1.807, 2.05) is 12.3 Å². The summed E-state index contributed by atoms with van der Waals surface area (Å²) >= 11 is 1.54. The molecule has 2 aromatic rings. The van der Waals surface area contributed by atoms with E-state index in [1.54, 1.807) is 11.1 Å². The fourth-order valence-corrected chi connectivity index (χ4v) is 3.76. The van der Waals surface area contributed by atoms with Crippen molar-refractivity contribution in [2.75, 3.05) is 13.1 Å². The predicted molar refractivity (Wildman–Crippen MR) is 92.9 cm³/mol. The molecular formula is C18H21N4S+. The number of quaternary nitrogens is 1. The van der Waals surface area contributed by atoms with Crippen molar-refractivity contribution in [2.24, 2.45) is 4.99 Å². The molecule has 0 bridgehead atoms. The van der Waals surface area contributed by atoms with Gasteiger partial charge in [0.2, 0.25) is 0 Å². The summed E-state index contributed by atoms with van der Waals surface area (Å²) in [6, 6.07) is 13.2. The van der Waals surface area contributed by atoms with E-state index in [1.165, 1.54) is 16.9 Å². The van der Waals surface area contributed by atoms with Crippen LogP contribution in [0, 0.1) is 18.3 Å². The number of nitrogens with one attached hydrogen (secondary N) is 1. The molecule has 1 unspecified atom stereocenters. The molecule has 4 nitrogen and oxygen atoms in total. The van der Waals surface area contributed by atoms with Gasteiger partial charge in [0.15, 0.2) is 0 Å². The van der Waals surface area contributed by atoms with Crippen molar-refractivity contribution in [3.63, 3.8) is 0 Å². The van der Waals surface area contributed by atoms with Crippen molar-refractivity contribution in [1.29, 1.82) is 5.26 Å². The maximum Gasteiger partial charge on any atom is 0.133 e. The lowest BCUT2D eigenvalue weighted by molar-refractivity contribution is -0.901. The Kier molecular flexibility index (Phi) is 5.16. The Morgan fingerprint density at radius 2 is 2.30 bits per heavy atom. The summed E-state index contributed by atoms with van der Waals surface area (Å²) in [5, 5.41) is 12.2. The fraction of sp³-hybridized carbons (Fsp3) is 0.389. The van der Waals surface area contributed by atoms with Gasteiger partial charge in [-0.2, -0.15) is 5.26 Å². The highest BCUT2D eigenvalue weighted by atomic mass is 32.1. The third kappa shape index (κ3) is 4.25. The minimum atomic E-state index is -0.313. The second kappa shape index (κ2) is 7.49. The Morgan fingerprint density at radius 3 is 3.00 bits per heavy atom. The smallest absolute Gasteiger partial charge is 0.133 e. The van der Waals surface area contributed by atoms with Crippen LogP contribution in [0.2, 0.25) is 0 Å². The van der Waals surface area contributed by atoms with Gasteiger partial charge in [0.05, 0.1) is 12.6 Å². The summed E-state index contributed by atoms with van der Waals surface area (Å²) in [5.41, 5.74) is 2.35. The number of aromatic nitrogens is 1. The summed E-state index contributed by atoms with van der Waals surface area (Å²) in [6.45, 7) is 5.19. The molecule has 5 heteroatoms. The fourth-order valence-electron chi connectivity index (χ4n) is 2.96. The molecule has 0 aliphatic carbocycles. The Bertz CT molecular complexity index is 701. The quantitative estimate of drug-likeness (QED) is 0.855. The first-order valence-electron chi connectivity index (χ1n) is 7.97. The van der Waals surface area contributed by atoms with Gasteiger partial charge in [-0.3, -0.25) is 4.99 Å². The number of hydrogen-bond donors (Lipinski definition) is 1. The monoisotopic (exact) mass is 325 g/mol. The lowest BCUT2D eigenvalue weighted by Crippen LogP contribution is -3.09. The molecule has 1 aromatic carbocycles. The summed E-state index contributed by atoms with van der Waals surface area (Å²) < 4.78 is 0. The molecule has 1 aromatic heterocycles. The number of benzene rings is 1. The molecule has 1 aliphatic rings. The molecule has 1 fully saturated rings. The van der Waals surface area contributed by atoms with E-state index in [4.69, 9.17) is 0 Å². The van der Waals surface area contributed by atoms with Crippen LogP contribution in [-0.4, -0.2) is 30.3 Å². The molecule has 3 rings (SSSR count). The Morgan fingerprint density at radius 1 is 1.48 bits per heavy atom. The van der Waals surface area contributed by atoms with E-state index in [9.17, 15) is 5.26 Å². The van der Waals surface area contributed by atoms with Crippen molar-refractivity contribution in [3.8, 4) is 6.07 Å². The average Bonchev–Trinajstić information content (AvgIpc) is 3.19. The minimum absolute atomic E-state index is 0.313. The number of thiazole rings is 1. The van der Waals surface area contributed by atoms with E-state index < -0.39 is 0 Å². The van der Waals surface area contributed by atoms with Crippen LogP contribution in [-0.2, 0) is 6.54 Å². The van der Waals surface area contributed by atoms with E-state index in [2.05, 4.69) is 46.4 Å². The zero-order chi connectivity index (χ0) is 16.1. The van der Waals surface area contributed by atoms with Crippen molar-refractivity contribution in [1.82, 2.24) is 4.98 Å². The molecular weight excluding hydrogens is 304 g/mol. The van der Waals surface area contributed by atoms with Crippen LogP contribution in [0.15, 0.2) is 40.7 Å². The molecule has 3 atom stereocenters. The van der Waals surface area contributed by atoms with Gasteiger partial charge in [0.25, 0.3) is 0 Å². The van der Waals surface area contributed by atoms with E-state index in [0.717, 1.165) is 36.8 Å². The molecule has 2 heterocycles. The number of aliphatic imine (C=N–C) groups is 1. The van der Waals surface area contributed by atoms with Crippen LogP contribution in [0.1, 0.15) is 28.6 Å². The molecule has 1 saturated heterocycles. The van der Waals surface area contributed by atoms with Crippen molar-refractivity contribution < 1.29 is 4.90 Å². The van der Waals surface area contributed by atoms with E-state index in [0.29, 0.717) is 6.04 Å². The van der Waals surface area contributed by atoms with Gasteiger partial charge in [-0.05, 0) is 6.92 Å². The summed E-state index contributed by atoms with van der Waals surface area (Å²) in [7, 11) is 0. The largest absolute Gasteiger partial charge is 0.329 e. The van der Waals surface area contributed by atoms with Crippen LogP contribution in [0.25, 0.3) is 0 Å². The second-order valence-electron chi connectivity index (χ2n) is 6.04. The lowest BCUT2D eigenvalue weighted by Gasteiger charge is -2.12. The van der Waals surface area contributed by atoms with Gasteiger partial charge in [0.1, 0.15) is 30.1 Å². The molecule has 0 spiro atoms. The highest BCUT2D eigenvalue weighted by molar-refractivity contribution is 7.09. The number of rotatable bonds is 5. The number of aryl methyl sites for hydroxylation is 1. The molecule has 1 aliphatic heterocycles. The average molecular weight is 325 g/mol. The first kappa shape index (κ1) is 15.9. The Labute approximate surface area is 141 Å². The van der Waals surface area contributed by atoms with Crippen LogP contribution in [0.3, 0.4) is 0 Å². The van der Waals surface area contributed by atoms with E-state index in [-0.39, 0.29) is 5.92 Å². The summed E-state index contributed by atoms with van der Waals surface area (Å²) in [5.74, 6) is -0.313. The molecule has 0 saturated carbocycles. The molecule has 0 radical (unpaired) electrons. The molecule has 118 valence electrons. The lowest BCUT2D eigenvalue weighted by atomic mass is 10.2. The van der Waals surface area contributed by atoms with Gasteiger partial charge < -0.3 is 4.90 Å². The summed E-state index contributed by atoms with van der Waals surface area (Å²) in [6.07, 6.45) is 2.89. The molecule has 0 amide bonds. The van der Waals surface area contributed by atoms with Crippen LogP contribution in [0.4, 0.5) is 0 Å². The van der Waals surface area contributed by atoms with Gasteiger partial charge in [-0.15, -0.1) is 11.3 Å². The highest BCUT2D eigenvalue weighted by Crippen LogP contribution is 2.18. The number of nitrogens with zero attached hydrogens (tertiary/aromatic N) is 3. The van der Waals surface area contributed by atoms with E-state index >= 15 is 0 Å². The van der Waals surface area contributed by atoms with Gasteiger partial charge in [0, 0.05) is 29.3 Å². The predicted octanol–water partition coefficient (Wildman–Crippen LogP) is 1.99. The SMILES string of the molecule is Cc1csc([C@H](C#N)C=N[C@H]2CC[NH+](Cc3ccccc3)C2)n1. The summed E-state index contributed by atoms with van der Waals surface area (Å²) in [4.78, 5) is 10.6. The first-order valence-corrected chi connectivity index (χ1v) is 8.85. The number of nitriles is 1. The van der Waals surface area contributed by atoms with Crippen molar-refractivity contribution in [3.05, 3.63) is 52.0 Å². The number of likely N-dealkylation sites (tertiary alicyclic amines) is 1. The normalized spacial score (nSPS) is 22.3. The highest BCUT2D eigenvalue weighted by Gasteiger charge is 2.25. The molecule has 1 N–H and O–H groups in total. The van der Waals surface area contributed by atoms with Gasteiger partial charge >= 0.3 is 0 Å². The Hall–Kier alpha value is -2.03. The first-order chi connectivity index (χ1) is 11.2. The van der Waals surface area contributed by atoms with Crippen molar-refractivity contribution >= 4 is 17.6 Å². The van der Waals surface area contributed by atoms with Crippen LogP contribution < -0.4 is 4.90 Å².